The van der Waals surface area contributed by atoms with Crippen LogP contribution >= 0.6 is 0 Å². The summed E-state index contributed by atoms with van der Waals surface area (Å²) < 4.78 is 22.7. The Balaban J connectivity index is 2.17. The molecule has 0 saturated carbocycles. The van der Waals surface area contributed by atoms with Gasteiger partial charge in [0.05, 0.1) is 26.9 Å². The van der Waals surface area contributed by atoms with Crippen molar-refractivity contribution in [1.29, 1.82) is 0 Å². The van der Waals surface area contributed by atoms with Gasteiger partial charge in [-0.3, -0.25) is 0 Å². The smallest absolute Gasteiger partial charge is 0.218 e. The van der Waals surface area contributed by atoms with Crippen LogP contribution in [0.15, 0.2) is 42.5 Å². The van der Waals surface area contributed by atoms with Crippen molar-refractivity contribution in [2.75, 3.05) is 0 Å². The van der Waals surface area contributed by atoms with Gasteiger partial charge in [-0.15, -0.1) is 0 Å². The first-order valence-corrected chi connectivity index (χ1v) is 7.63. The fourth-order valence-corrected chi connectivity index (χ4v) is 3.26. The maximum Gasteiger partial charge on any atom is 0.218 e. The van der Waals surface area contributed by atoms with Gasteiger partial charge in [-0.05, 0) is 18.2 Å². The molecule has 1 aromatic heterocycles. The minimum Gasteiger partial charge on any atom is -0.244 e. The summed E-state index contributed by atoms with van der Waals surface area (Å²) >= 11 is 0. The number of allylic oxidation sites excluding steroid dienone is 1. The Morgan fingerprint density at radius 2 is 1.67 bits per heavy atom. The van der Waals surface area contributed by atoms with E-state index in [1.54, 1.807) is 0 Å². The number of para-hydroxylation sites is 2. The van der Waals surface area contributed by atoms with Crippen molar-refractivity contribution in [3.63, 3.8) is 0 Å². The SMILES string of the molecule is O=S(=O)=C1CC=Cc2c1ccc1nc3ccccc3nc21. The summed E-state index contributed by atoms with van der Waals surface area (Å²) in [5, 5.41) is 0. The van der Waals surface area contributed by atoms with Crippen LogP contribution < -0.4 is 0 Å². The van der Waals surface area contributed by atoms with E-state index in [0.29, 0.717) is 11.3 Å². The zero-order valence-corrected chi connectivity index (χ0v) is 11.8. The lowest BCUT2D eigenvalue weighted by atomic mass is 9.95. The van der Waals surface area contributed by atoms with E-state index in [1.807, 2.05) is 48.6 Å². The first kappa shape index (κ1) is 12.2. The van der Waals surface area contributed by atoms with Crippen LogP contribution in [0.3, 0.4) is 0 Å². The Morgan fingerprint density at radius 3 is 2.43 bits per heavy atom. The average molecular weight is 294 g/mol. The fraction of sp³-hybridized carbons (Fsp3) is 0.0625. The van der Waals surface area contributed by atoms with Gasteiger partial charge < -0.3 is 0 Å². The fourth-order valence-electron chi connectivity index (χ4n) is 2.67. The number of aromatic nitrogens is 2. The molecular formula is C16H10N2O2S. The highest BCUT2D eigenvalue weighted by atomic mass is 32.2. The molecule has 0 aliphatic heterocycles. The molecule has 0 amide bonds. The predicted molar refractivity (Wildman–Crippen MR) is 83.7 cm³/mol. The lowest BCUT2D eigenvalue weighted by Crippen LogP contribution is -2.08. The van der Waals surface area contributed by atoms with E-state index in [1.165, 1.54) is 0 Å². The van der Waals surface area contributed by atoms with Crippen LogP contribution in [0.25, 0.3) is 28.1 Å². The summed E-state index contributed by atoms with van der Waals surface area (Å²) in [5.41, 5.74) is 4.71. The molecule has 0 saturated heterocycles. The van der Waals surface area contributed by atoms with Crippen LogP contribution in [0, 0.1) is 0 Å². The molecule has 0 N–H and O–H groups in total. The molecule has 4 rings (SSSR count). The molecule has 1 aliphatic rings. The predicted octanol–water partition coefficient (Wildman–Crippen LogP) is 2.60. The Labute approximate surface area is 122 Å². The second-order valence-electron chi connectivity index (χ2n) is 4.87. The number of hydrogen-bond acceptors (Lipinski definition) is 4. The molecule has 5 heteroatoms. The summed E-state index contributed by atoms with van der Waals surface area (Å²) in [4.78, 5) is 9.66. The van der Waals surface area contributed by atoms with Crippen LogP contribution in [-0.4, -0.2) is 23.3 Å². The van der Waals surface area contributed by atoms with E-state index in [4.69, 9.17) is 0 Å². The second-order valence-corrected chi connectivity index (χ2v) is 5.83. The molecule has 4 nitrogen and oxygen atoms in total. The second kappa shape index (κ2) is 4.49. The molecule has 0 unspecified atom stereocenters. The minimum absolute atomic E-state index is 0.407. The van der Waals surface area contributed by atoms with Crippen molar-refractivity contribution in [1.82, 2.24) is 9.97 Å². The quantitative estimate of drug-likeness (QED) is 0.472. The van der Waals surface area contributed by atoms with Crippen LogP contribution in [0.5, 0.6) is 0 Å². The van der Waals surface area contributed by atoms with E-state index in [0.717, 1.165) is 33.2 Å². The van der Waals surface area contributed by atoms with Crippen molar-refractivity contribution < 1.29 is 8.42 Å². The molecule has 0 radical (unpaired) electrons. The standard InChI is InChI=1S/C16H10N2O2S/c19-21(20)15-7-3-4-11-10(15)8-9-14-16(11)18-13-6-2-1-5-12(13)17-14/h1-6,8-9H,7H2. The Kier molecular flexibility index (Phi) is 2.62. The summed E-state index contributed by atoms with van der Waals surface area (Å²) in [6.45, 7) is 0. The zero-order valence-electron chi connectivity index (χ0n) is 10.9. The molecule has 0 atom stereocenters. The van der Waals surface area contributed by atoms with Gasteiger partial charge in [0.25, 0.3) is 0 Å². The highest BCUT2D eigenvalue weighted by molar-refractivity contribution is 7.73. The van der Waals surface area contributed by atoms with Gasteiger partial charge in [-0.25, -0.2) is 9.97 Å². The van der Waals surface area contributed by atoms with E-state index in [-0.39, 0.29) is 0 Å². The lowest BCUT2D eigenvalue weighted by Gasteiger charge is -2.13. The van der Waals surface area contributed by atoms with E-state index in [2.05, 4.69) is 9.97 Å². The molecule has 1 aliphatic carbocycles. The van der Waals surface area contributed by atoms with Gasteiger partial charge in [-0.2, -0.15) is 8.42 Å². The molecule has 21 heavy (non-hydrogen) atoms. The third-order valence-corrected chi connectivity index (χ3v) is 4.43. The van der Waals surface area contributed by atoms with Crippen LogP contribution in [0.2, 0.25) is 0 Å². The molecule has 0 bridgehead atoms. The Hall–Kier alpha value is -2.53. The van der Waals surface area contributed by atoms with Crippen LogP contribution in [0.4, 0.5) is 0 Å². The first-order valence-electron chi connectivity index (χ1n) is 6.55. The van der Waals surface area contributed by atoms with E-state index < -0.39 is 10.3 Å². The minimum atomic E-state index is -2.22. The number of hydrogen-bond donors (Lipinski definition) is 0. The Morgan fingerprint density at radius 1 is 0.905 bits per heavy atom. The van der Waals surface area contributed by atoms with Gasteiger partial charge in [-0.1, -0.05) is 30.4 Å². The molecule has 3 aromatic rings. The van der Waals surface area contributed by atoms with Gasteiger partial charge in [0.2, 0.25) is 10.3 Å². The van der Waals surface area contributed by atoms with Gasteiger partial charge >= 0.3 is 0 Å². The third kappa shape index (κ3) is 1.86. The molecular weight excluding hydrogens is 284 g/mol. The molecule has 102 valence electrons. The van der Waals surface area contributed by atoms with Gasteiger partial charge in [0.1, 0.15) is 0 Å². The van der Waals surface area contributed by atoms with E-state index in [9.17, 15) is 8.42 Å². The maximum absolute atomic E-state index is 11.4. The number of rotatable bonds is 0. The summed E-state index contributed by atoms with van der Waals surface area (Å²) in [6, 6.07) is 11.3. The number of benzene rings is 2. The largest absolute Gasteiger partial charge is 0.244 e. The number of fused-ring (bicyclic) bond motifs is 4. The van der Waals surface area contributed by atoms with Crippen molar-refractivity contribution in [3.8, 4) is 0 Å². The first-order chi connectivity index (χ1) is 10.2. The van der Waals surface area contributed by atoms with Crippen molar-refractivity contribution >= 4 is 43.3 Å². The summed E-state index contributed by atoms with van der Waals surface area (Å²) in [5.74, 6) is 0. The lowest BCUT2D eigenvalue weighted by molar-refractivity contribution is 0.627. The molecule has 0 fully saturated rings. The normalized spacial score (nSPS) is 13.6. The monoisotopic (exact) mass is 294 g/mol. The van der Waals surface area contributed by atoms with Gasteiger partial charge in [0.15, 0.2) is 0 Å². The molecule has 2 aromatic carbocycles. The summed E-state index contributed by atoms with van der Waals surface area (Å²) in [7, 11) is -2.22. The van der Waals surface area contributed by atoms with Crippen LogP contribution in [-0.2, 0) is 10.3 Å². The maximum atomic E-state index is 11.4. The topological polar surface area (TPSA) is 59.9 Å². The van der Waals surface area contributed by atoms with Crippen LogP contribution in [0.1, 0.15) is 17.5 Å². The highest BCUT2D eigenvalue weighted by Crippen LogP contribution is 2.27. The molecule has 1 heterocycles. The highest BCUT2D eigenvalue weighted by Gasteiger charge is 2.17. The Bertz CT molecular complexity index is 1060. The van der Waals surface area contributed by atoms with Crippen molar-refractivity contribution in [2.45, 2.75) is 6.42 Å². The van der Waals surface area contributed by atoms with Crippen molar-refractivity contribution in [3.05, 3.63) is 53.6 Å². The average Bonchev–Trinajstić information content (AvgIpc) is 2.52. The zero-order chi connectivity index (χ0) is 14.4. The molecule has 0 spiro atoms. The van der Waals surface area contributed by atoms with E-state index >= 15 is 0 Å². The third-order valence-electron chi connectivity index (χ3n) is 3.64. The van der Waals surface area contributed by atoms with Crippen molar-refractivity contribution in [2.24, 2.45) is 0 Å². The summed E-state index contributed by atoms with van der Waals surface area (Å²) in [6.07, 6.45) is 4.21. The van der Waals surface area contributed by atoms with Gasteiger partial charge in [0, 0.05) is 17.5 Å². The number of nitrogens with zero attached hydrogens (tertiary/aromatic N) is 2.